The van der Waals surface area contributed by atoms with Gasteiger partial charge in [0.15, 0.2) is 0 Å². The summed E-state index contributed by atoms with van der Waals surface area (Å²) in [5.74, 6) is 0. The highest BCUT2D eigenvalue weighted by Gasteiger charge is 2.45. The van der Waals surface area contributed by atoms with Gasteiger partial charge in [-0.15, -0.1) is 0 Å². The summed E-state index contributed by atoms with van der Waals surface area (Å²) in [5.41, 5.74) is 22.7. The lowest BCUT2D eigenvalue weighted by molar-refractivity contribution is 1.18. The van der Waals surface area contributed by atoms with Crippen LogP contribution >= 0.6 is 0 Å². The number of benzene rings is 11. The largest absolute Gasteiger partial charge is 0.311 e. The van der Waals surface area contributed by atoms with Crippen molar-refractivity contribution in [2.24, 2.45) is 0 Å². The van der Waals surface area contributed by atoms with E-state index >= 15 is 0 Å². The third kappa shape index (κ3) is 5.87. The molecule has 0 bridgehead atoms. The zero-order valence-corrected chi connectivity index (χ0v) is 38.7. The third-order valence-corrected chi connectivity index (χ3v) is 15.1. The number of anilines is 6. The van der Waals surface area contributed by atoms with Crippen LogP contribution in [0.1, 0.15) is 0 Å². The van der Waals surface area contributed by atoms with Crippen molar-refractivity contribution in [3.63, 3.8) is 0 Å². The zero-order valence-electron chi connectivity index (χ0n) is 38.7. The maximum absolute atomic E-state index is 2.51. The minimum absolute atomic E-state index is 0.134. The smallest absolute Gasteiger partial charge is 0.253 e. The van der Waals surface area contributed by atoms with Gasteiger partial charge in [0.1, 0.15) is 0 Å². The van der Waals surface area contributed by atoms with E-state index in [1.807, 2.05) is 0 Å². The molecule has 4 nitrogen and oxygen atoms in total. The maximum Gasteiger partial charge on any atom is 0.253 e. The van der Waals surface area contributed by atoms with Crippen LogP contribution in [0.5, 0.6) is 0 Å². The maximum atomic E-state index is 2.51. The molecule has 0 radical (unpaired) electrons. The van der Waals surface area contributed by atoms with E-state index < -0.39 is 0 Å². The Morgan fingerprint density at radius 1 is 0.239 bits per heavy atom. The molecular weight excluding hydrogens is 860 g/mol. The van der Waals surface area contributed by atoms with E-state index in [4.69, 9.17) is 0 Å². The van der Waals surface area contributed by atoms with E-state index in [1.165, 1.54) is 105 Å². The molecule has 0 aliphatic carbocycles. The minimum Gasteiger partial charge on any atom is -0.311 e. The van der Waals surface area contributed by atoms with Gasteiger partial charge in [-0.1, -0.05) is 164 Å². The van der Waals surface area contributed by atoms with Crippen LogP contribution in [0.4, 0.5) is 34.1 Å². The summed E-state index contributed by atoms with van der Waals surface area (Å²) in [7, 11) is 0. The molecule has 2 aliphatic rings. The Morgan fingerprint density at radius 3 is 1.00 bits per heavy atom. The van der Waals surface area contributed by atoms with Crippen molar-refractivity contribution in [3.05, 3.63) is 261 Å². The van der Waals surface area contributed by atoms with Gasteiger partial charge in [-0.3, -0.25) is 0 Å². The van der Waals surface area contributed by atoms with Gasteiger partial charge in [0, 0.05) is 67.0 Å². The molecule has 0 fully saturated rings. The minimum atomic E-state index is -0.134. The van der Waals surface area contributed by atoms with Crippen molar-refractivity contribution >= 4 is 101 Å². The fraction of sp³-hybridized carbons (Fsp3) is 0. The quantitative estimate of drug-likeness (QED) is 0.155. The molecule has 0 saturated carbocycles. The van der Waals surface area contributed by atoms with E-state index in [1.54, 1.807) is 0 Å². The number of fused-ring (bicyclic) bond motifs is 10. The number of hydrogen-bond donors (Lipinski definition) is 0. The lowest BCUT2D eigenvalue weighted by Gasteiger charge is -2.45. The lowest BCUT2D eigenvalue weighted by Crippen LogP contribution is -2.62. The van der Waals surface area contributed by atoms with E-state index in [-0.39, 0.29) is 6.71 Å². The summed E-state index contributed by atoms with van der Waals surface area (Å²) < 4.78 is 4.87. The molecule has 71 heavy (non-hydrogen) atoms. The Kier molecular flexibility index (Phi) is 8.72. The molecule has 0 unspecified atom stereocenters. The monoisotopic (exact) mass is 902 g/mol. The summed E-state index contributed by atoms with van der Waals surface area (Å²) in [5, 5.41) is 4.97. The lowest BCUT2D eigenvalue weighted by atomic mass is 9.32. The van der Waals surface area contributed by atoms with Gasteiger partial charge < -0.3 is 18.9 Å². The SMILES string of the molecule is c1ccc(N2c3cccc(-c4ccc5c6ccccc6n(-c6ccccc6)c5c4)c3B3c4c(-c5ccc6c7ccccc7n(-c7ccccc7)c6c5)cccc4N(c4ccccc4)c4cccc2c43)cc1. The second-order valence-electron chi connectivity index (χ2n) is 18.8. The first-order chi connectivity index (χ1) is 35.3. The van der Waals surface area contributed by atoms with Crippen molar-refractivity contribution in [1.29, 1.82) is 0 Å². The summed E-state index contributed by atoms with van der Waals surface area (Å²) in [6.45, 7) is -0.134. The fourth-order valence-electron chi connectivity index (χ4n) is 12.2. The molecule has 11 aromatic carbocycles. The van der Waals surface area contributed by atoms with Gasteiger partial charge in [0.25, 0.3) is 6.71 Å². The predicted molar refractivity (Wildman–Crippen MR) is 300 cm³/mol. The molecule has 15 rings (SSSR count). The average Bonchev–Trinajstić information content (AvgIpc) is 3.95. The van der Waals surface area contributed by atoms with E-state index in [9.17, 15) is 0 Å². The molecule has 13 aromatic rings. The molecule has 2 aromatic heterocycles. The van der Waals surface area contributed by atoms with Crippen molar-refractivity contribution in [2.45, 2.75) is 0 Å². The van der Waals surface area contributed by atoms with Crippen molar-refractivity contribution < 1.29 is 0 Å². The average molecular weight is 903 g/mol. The van der Waals surface area contributed by atoms with E-state index in [2.05, 4.69) is 280 Å². The molecule has 330 valence electrons. The first-order valence-corrected chi connectivity index (χ1v) is 24.6. The molecule has 2 aliphatic heterocycles. The van der Waals surface area contributed by atoms with Gasteiger partial charge in [0.05, 0.1) is 22.1 Å². The Bertz CT molecular complexity index is 3970. The molecule has 4 heterocycles. The fourth-order valence-corrected chi connectivity index (χ4v) is 12.2. The summed E-state index contributed by atoms with van der Waals surface area (Å²) in [4.78, 5) is 5.02. The Morgan fingerprint density at radius 2 is 0.577 bits per heavy atom. The first kappa shape index (κ1) is 39.7. The van der Waals surface area contributed by atoms with Crippen molar-refractivity contribution in [1.82, 2.24) is 9.13 Å². The summed E-state index contributed by atoms with van der Waals surface area (Å²) in [6, 6.07) is 96.2. The van der Waals surface area contributed by atoms with E-state index in [0.29, 0.717) is 0 Å². The van der Waals surface area contributed by atoms with Gasteiger partial charge >= 0.3 is 0 Å². The number of aromatic nitrogens is 2. The highest BCUT2D eigenvalue weighted by Crippen LogP contribution is 2.47. The third-order valence-electron chi connectivity index (χ3n) is 15.1. The number of nitrogens with zero attached hydrogens (tertiary/aromatic N) is 4. The topological polar surface area (TPSA) is 16.3 Å². The van der Waals surface area contributed by atoms with Crippen LogP contribution in [-0.4, -0.2) is 15.8 Å². The van der Waals surface area contributed by atoms with Crippen LogP contribution in [0.25, 0.3) is 77.2 Å². The van der Waals surface area contributed by atoms with Crippen molar-refractivity contribution in [2.75, 3.05) is 9.80 Å². The molecule has 0 spiro atoms. The van der Waals surface area contributed by atoms with Gasteiger partial charge in [-0.2, -0.15) is 0 Å². The molecular formula is C66H43BN4. The molecule has 0 N–H and O–H groups in total. The number of hydrogen-bond acceptors (Lipinski definition) is 2. The van der Waals surface area contributed by atoms with Crippen LogP contribution in [0.2, 0.25) is 0 Å². The highest BCUT2D eigenvalue weighted by molar-refractivity contribution is 7.02. The summed E-state index contributed by atoms with van der Waals surface area (Å²) >= 11 is 0. The number of para-hydroxylation sites is 6. The molecule has 0 saturated heterocycles. The van der Waals surface area contributed by atoms with Gasteiger partial charge in [0.2, 0.25) is 0 Å². The Hall–Kier alpha value is -9.32. The van der Waals surface area contributed by atoms with Crippen LogP contribution in [0, 0.1) is 0 Å². The van der Waals surface area contributed by atoms with Crippen molar-refractivity contribution in [3.8, 4) is 33.6 Å². The van der Waals surface area contributed by atoms with Crippen LogP contribution < -0.4 is 26.2 Å². The van der Waals surface area contributed by atoms with Crippen LogP contribution in [0.15, 0.2) is 261 Å². The highest BCUT2D eigenvalue weighted by atomic mass is 15.2. The first-order valence-electron chi connectivity index (χ1n) is 24.6. The number of rotatable bonds is 6. The molecule has 0 amide bonds. The summed E-state index contributed by atoms with van der Waals surface area (Å²) in [6.07, 6.45) is 0. The van der Waals surface area contributed by atoms with E-state index in [0.717, 1.165) is 22.7 Å². The normalized spacial score (nSPS) is 12.7. The predicted octanol–water partition coefficient (Wildman–Crippen LogP) is 15.3. The van der Waals surface area contributed by atoms with Gasteiger partial charge in [-0.25, -0.2) is 0 Å². The standard InChI is InChI=1S/C66H43BN4/c1-5-20-46(21-6-1)68-56-32-15-13-28-52(56)54-40-38-44(42-62(54)68)50-30-17-34-58-64(50)67-65-51(45-39-41-55-53-29-14-16-33-57(53)69(63(55)43-45)47-22-7-2-8-23-47)31-18-35-59(65)71(49-26-11-4-12-27-49)61-37-19-36-60(66(61)67)70(58)48-24-9-3-10-25-48/h1-43H. The second-order valence-corrected chi connectivity index (χ2v) is 18.8. The molecule has 5 heteroatoms. The zero-order chi connectivity index (χ0) is 46.6. The van der Waals surface area contributed by atoms with Gasteiger partial charge in [-0.05, 0) is 136 Å². The Labute approximate surface area is 412 Å². The second kappa shape index (κ2) is 15.6. The Balaban J connectivity index is 1.05. The molecule has 0 atom stereocenters. The van der Waals surface area contributed by atoms with Crippen LogP contribution in [0.3, 0.4) is 0 Å². The van der Waals surface area contributed by atoms with Crippen LogP contribution in [-0.2, 0) is 0 Å².